The topological polar surface area (TPSA) is 87.3 Å². The largest absolute Gasteiger partial charge is 0.496 e. The van der Waals surface area contributed by atoms with E-state index in [1.54, 1.807) is 34.5 Å². The number of carbonyl (C=O) groups is 1. The van der Waals surface area contributed by atoms with E-state index in [-0.39, 0.29) is 5.97 Å². The number of carbonyl (C=O) groups excluding carboxylic acids is 1. The molecule has 0 aliphatic heterocycles. The van der Waals surface area contributed by atoms with E-state index in [1.807, 2.05) is 30.3 Å². The fraction of sp³-hybridized carbons (Fsp3) is 0.400. The van der Waals surface area contributed by atoms with Crippen LogP contribution in [0, 0.1) is 0 Å². The normalized spacial score (nSPS) is 11.2. The molecule has 0 aromatic heterocycles. The van der Waals surface area contributed by atoms with Gasteiger partial charge in [-0.25, -0.2) is 0 Å². The molecular formula is C25H33ClN2O6. The van der Waals surface area contributed by atoms with Crippen LogP contribution in [0.5, 0.6) is 23.0 Å². The van der Waals surface area contributed by atoms with Gasteiger partial charge < -0.3 is 34.3 Å². The highest BCUT2D eigenvalue weighted by molar-refractivity contribution is 6.30. The van der Waals surface area contributed by atoms with Crippen molar-refractivity contribution in [1.82, 2.24) is 10.6 Å². The van der Waals surface area contributed by atoms with Gasteiger partial charge in [0, 0.05) is 55.8 Å². The molecule has 0 heterocycles. The second-order valence-electron chi connectivity index (χ2n) is 7.32. The Morgan fingerprint density at radius 1 is 0.912 bits per heavy atom. The molecule has 0 amide bonds. The summed E-state index contributed by atoms with van der Waals surface area (Å²) in [5.74, 6) is 2.42. The molecule has 0 radical (unpaired) electrons. The number of methoxy groups -OCH3 is 4. The molecule has 0 atom stereocenters. The standard InChI is InChI=1S/C25H33ClN2O6/c1-17(29)34-9-8-27-14-18(10-19-11-20(26)6-7-23(19)31-3)15-28-16-22-24(32-4)12-21(30-2)13-25(22)33-5/h6-7,10-13,27-28H,8-9,14-16H2,1-5H3/b18-10-. The molecule has 186 valence electrons. The Hall–Kier alpha value is -2.94. The van der Waals surface area contributed by atoms with Crippen molar-refractivity contribution in [3.8, 4) is 23.0 Å². The highest BCUT2D eigenvalue weighted by Gasteiger charge is 2.13. The van der Waals surface area contributed by atoms with Crippen LogP contribution >= 0.6 is 11.6 Å². The van der Waals surface area contributed by atoms with Gasteiger partial charge in [0.2, 0.25) is 0 Å². The van der Waals surface area contributed by atoms with Crippen molar-refractivity contribution >= 4 is 23.6 Å². The zero-order chi connectivity index (χ0) is 24.9. The predicted molar refractivity (Wildman–Crippen MR) is 133 cm³/mol. The highest BCUT2D eigenvalue weighted by atomic mass is 35.5. The molecule has 0 spiro atoms. The zero-order valence-corrected chi connectivity index (χ0v) is 21.1. The van der Waals surface area contributed by atoms with E-state index in [9.17, 15) is 4.79 Å². The third-order valence-electron chi connectivity index (χ3n) is 4.96. The first-order chi connectivity index (χ1) is 16.4. The van der Waals surface area contributed by atoms with Crippen LogP contribution in [-0.4, -0.2) is 60.6 Å². The van der Waals surface area contributed by atoms with E-state index >= 15 is 0 Å². The van der Waals surface area contributed by atoms with Crippen LogP contribution < -0.4 is 29.6 Å². The van der Waals surface area contributed by atoms with Crippen molar-refractivity contribution in [2.75, 3.05) is 54.7 Å². The summed E-state index contributed by atoms with van der Waals surface area (Å²) in [7, 11) is 6.45. The summed E-state index contributed by atoms with van der Waals surface area (Å²) >= 11 is 6.21. The fourth-order valence-corrected chi connectivity index (χ4v) is 3.50. The molecule has 0 bridgehead atoms. The molecule has 9 heteroatoms. The molecule has 2 aromatic carbocycles. The third kappa shape index (κ3) is 8.44. The number of ether oxygens (including phenoxy) is 5. The zero-order valence-electron chi connectivity index (χ0n) is 20.3. The van der Waals surface area contributed by atoms with Crippen LogP contribution in [0.3, 0.4) is 0 Å². The number of benzene rings is 2. The number of halogens is 1. The lowest BCUT2D eigenvalue weighted by Gasteiger charge is -2.17. The Morgan fingerprint density at radius 2 is 1.56 bits per heavy atom. The van der Waals surface area contributed by atoms with Crippen molar-refractivity contribution in [3.05, 3.63) is 52.1 Å². The van der Waals surface area contributed by atoms with Crippen molar-refractivity contribution in [1.29, 1.82) is 0 Å². The van der Waals surface area contributed by atoms with Crippen molar-refractivity contribution < 1.29 is 28.5 Å². The molecular weight excluding hydrogens is 460 g/mol. The van der Waals surface area contributed by atoms with E-state index in [1.165, 1.54) is 6.92 Å². The van der Waals surface area contributed by atoms with Gasteiger partial charge in [-0.3, -0.25) is 4.79 Å². The van der Waals surface area contributed by atoms with Gasteiger partial charge in [-0.15, -0.1) is 0 Å². The SMILES string of the molecule is COc1cc(OC)c(CNC/C(=C\c2cc(Cl)ccc2OC)CNCCOC(C)=O)c(OC)c1. The summed E-state index contributed by atoms with van der Waals surface area (Å²) in [6, 6.07) is 9.12. The fourth-order valence-electron chi connectivity index (χ4n) is 3.32. The van der Waals surface area contributed by atoms with Gasteiger partial charge in [0.1, 0.15) is 29.6 Å². The Morgan fingerprint density at radius 3 is 2.15 bits per heavy atom. The van der Waals surface area contributed by atoms with Gasteiger partial charge in [-0.2, -0.15) is 0 Å². The van der Waals surface area contributed by atoms with E-state index in [2.05, 4.69) is 10.6 Å². The molecule has 0 aliphatic rings. The summed E-state index contributed by atoms with van der Waals surface area (Å²) < 4.78 is 26.9. The Kier molecular flexibility index (Phi) is 11.5. The number of esters is 1. The summed E-state index contributed by atoms with van der Waals surface area (Å²) in [5.41, 5.74) is 2.80. The maximum Gasteiger partial charge on any atom is 0.302 e. The average molecular weight is 493 g/mol. The van der Waals surface area contributed by atoms with E-state index in [4.69, 9.17) is 35.3 Å². The molecule has 0 unspecified atom stereocenters. The Bertz CT molecular complexity index is 955. The molecule has 8 nitrogen and oxygen atoms in total. The number of rotatable bonds is 14. The number of hydrogen-bond donors (Lipinski definition) is 2. The Balaban J connectivity index is 2.17. The van der Waals surface area contributed by atoms with Crippen LogP contribution in [0.15, 0.2) is 35.9 Å². The summed E-state index contributed by atoms with van der Waals surface area (Å²) in [4.78, 5) is 11.0. The molecule has 0 fully saturated rings. The van der Waals surface area contributed by atoms with Crippen LogP contribution in [0.4, 0.5) is 0 Å². The second-order valence-corrected chi connectivity index (χ2v) is 7.76. The summed E-state index contributed by atoms with van der Waals surface area (Å²) in [6.07, 6.45) is 2.03. The number of nitrogens with one attached hydrogen (secondary N) is 2. The van der Waals surface area contributed by atoms with Gasteiger partial charge in [0.15, 0.2) is 0 Å². The minimum absolute atomic E-state index is 0.301. The maximum atomic E-state index is 11.0. The molecule has 0 saturated heterocycles. The lowest BCUT2D eigenvalue weighted by molar-refractivity contribution is -0.140. The van der Waals surface area contributed by atoms with Crippen molar-refractivity contribution in [2.24, 2.45) is 0 Å². The predicted octanol–water partition coefficient (Wildman–Crippen LogP) is 3.70. The number of hydrogen-bond acceptors (Lipinski definition) is 8. The molecule has 2 aromatic rings. The summed E-state index contributed by atoms with van der Waals surface area (Å²) in [6.45, 7) is 3.87. The van der Waals surface area contributed by atoms with Gasteiger partial charge in [-0.1, -0.05) is 11.6 Å². The molecule has 0 aliphatic carbocycles. The van der Waals surface area contributed by atoms with Gasteiger partial charge in [0.05, 0.1) is 34.0 Å². The van der Waals surface area contributed by atoms with Gasteiger partial charge in [0.25, 0.3) is 0 Å². The van der Waals surface area contributed by atoms with Crippen molar-refractivity contribution in [2.45, 2.75) is 13.5 Å². The first kappa shape index (κ1) is 27.3. The molecule has 2 rings (SSSR count). The first-order valence-corrected chi connectivity index (χ1v) is 11.2. The quantitative estimate of drug-likeness (QED) is 0.305. The minimum atomic E-state index is -0.301. The van der Waals surface area contributed by atoms with Crippen LogP contribution in [0.1, 0.15) is 18.1 Å². The monoisotopic (exact) mass is 492 g/mol. The smallest absolute Gasteiger partial charge is 0.302 e. The van der Waals surface area contributed by atoms with Gasteiger partial charge >= 0.3 is 5.97 Å². The maximum absolute atomic E-state index is 11.0. The highest BCUT2D eigenvalue weighted by Crippen LogP contribution is 2.34. The van der Waals surface area contributed by atoms with Crippen molar-refractivity contribution in [3.63, 3.8) is 0 Å². The lowest BCUT2D eigenvalue weighted by atomic mass is 10.1. The van der Waals surface area contributed by atoms with Crippen LogP contribution in [0.25, 0.3) is 6.08 Å². The van der Waals surface area contributed by atoms with Crippen LogP contribution in [-0.2, 0) is 16.1 Å². The van der Waals surface area contributed by atoms with E-state index in [0.29, 0.717) is 55.1 Å². The summed E-state index contributed by atoms with van der Waals surface area (Å²) in [5, 5.41) is 7.37. The first-order valence-electron chi connectivity index (χ1n) is 10.8. The Labute approximate surface area is 206 Å². The lowest BCUT2D eigenvalue weighted by Crippen LogP contribution is -2.27. The minimum Gasteiger partial charge on any atom is -0.496 e. The van der Waals surface area contributed by atoms with E-state index in [0.717, 1.165) is 22.4 Å². The molecule has 2 N–H and O–H groups in total. The third-order valence-corrected chi connectivity index (χ3v) is 5.19. The molecule has 34 heavy (non-hydrogen) atoms. The second kappa shape index (κ2) is 14.3. The van der Waals surface area contributed by atoms with Crippen LogP contribution in [0.2, 0.25) is 5.02 Å². The van der Waals surface area contributed by atoms with Gasteiger partial charge in [-0.05, 0) is 29.8 Å². The average Bonchev–Trinajstić information content (AvgIpc) is 2.83. The van der Waals surface area contributed by atoms with E-state index < -0.39 is 0 Å². The molecule has 0 saturated carbocycles.